The van der Waals surface area contributed by atoms with Gasteiger partial charge in [-0.15, -0.1) is 0 Å². The summed E-state index contributed by atoms with van der Waals surface area (Å²) in [5.74, 6) is 1.08. The highest BCUT2D eigenvalue weighted by atomic mass is 16.5. The largest absolute Gasteiger partial charge is 0.497 e. The van der Waals surface area contributed by atoms with E-state index in [0.717, 1.165) is 5.56 Å². The van der Waals surface area contributed by atoms with Crippen LogP contribution >= 0.6 is 0 Å². The van der Waals surface area contributed by atoms with Crippen LogP contribution in [0.15, 0.2) is 52.9 Å². The normalized spacial score (nSPS) is 17.4. The molecule has 0 saturated carbocycles. The van der Waals surface area contributed by atoms with E-state index in [1.165, 1.54) is 19.1 Å². The third kappa shape index (κ3) is 4.35. The minimum Gasteiger partial charge on any atom is -0.497 e. The van der Waals surface area contributed by atoms with Crippen LogP contribution in [-0.2, 0) is 15.1 Å². The molecule has 0 aliphatic carbocycles. The molecule has 0 bridgehead atoms. The standard InChI is InChI=1S/C26H29N3O7/c1-28(32)25(31)29-16-6-5-15-26(29,24(30)35-4)23-27-21(17-7-11-19(33-2)12-8-17)22(36-23)18-9-13-20(34-3)14-10-18/h7-14,32H,5-6,15-16H2,1-4H3. The second-order valence-corrected chi connectivity index (χ2v) is 8.42. The van der Waals surface area contributed by atoms with E-state index in [0.29, 0.717) is 46.4 Å². The molecule has 1 fully saturated rings. The van der Waals surface area contributed by atoms with E-state index >= 15 is 0 Å². The number of urea groups is 1. The number of rotatable bonds is 6. The Kier molecular flexibility index (Phi) is 7.16. The lowest BCUT2D eigenvalue weighted by atomic mass is 9.86. The van der Waals surface area contributed by atoms with Gasteiger partial charge in [-0.1, -0.05) is 0 Å². The lowest BCUT2D eigenvalue weighted by Gasteiger charge is -2.42. The predicted molar refractivity (Wildman–Crippen MR) is 130 cm³/mol. The van der Waals surface area contributed by atoms with Crippen molar-refractivity contribution >= 4 is 12.0 Å². The zero-order valence-corrected chi connectivity index (χ0v) is 20.7. The Labute approximate surface area is 208 Å². The number of ether oxygens (including phenoxy) is 3. The van der Waals surface area contributed by atoms with Gasteiger partial charge in [-0.3, -0.25) is 10.1 Å². The van der Waals surface area contributed by atoms with Crippen LogP contribution in [0.4, 0.5) is 4.79 Å². The SMILES string of the molecule is COC(=O)C1(c2nc(-c3ccc(OC)cc3)c(-c3ccc(OC)cc3)o2)CCCCN1C(=O)N(C)O. The van der Waals surface area contributed by atoms with Crippen molar-refractivity contribution in [3.8, 4) is 34.1 Å². The number of benzene rings is 2. The molecule has 1 aromatic heterocycles. The predicted octanol–water partition coefficient (Wildman–Crippen LogP) is 4.32. The molecular weight excluding hydrogens is 466 g/mol. The number of hydrogen-bond acceptors (Lipinski definition) is 8. The third-order valence-electron chi connectivity index (χ3n) is 6.36. The molecule has 190 valence electrons. The molecule has 1 atom stereocenters. The van der Waals surface area contributed by atoms with Crippen molar-refractivity contribution in [3.05, 3.63) is 54.4 Å². The van der Waals surface area contributed by atoms with Gasteiger partial charge in [-0.25, -0.2) is 19.6 Å². The Balaban J connectivity index is 1.94. The molecule has 0 spiro atoms. The van der Waals surface area contributed by atoms with E-state index in [2.05, 4.69) is 0 Å². The van der Waals surface area contributed by atoms with Crippen molar-refractivity contribution in [3.63, 3.8) is 0 Å². The molecule has 10 nitrogen and oxygen atoms in total. The van der Waals surface area contributed by atoms with Crippen molar-refractivity contribution < 1.29 is 33.4 Å². The van der Waals surface area contributed by atoms with E-state index in [1.807, 2.05) is 24.3 Å². The summed E-state index contributed by atoms with van der Waals surface area (Å²) >= 11 is 0. The third-order valence-corrected chi connectivity index (χ3v) is 6.36. The maximum absolute atomic E-state index is 13.3. The number of carbonyl (C=O) groups is 2. The van der Waals surface area contributed by atoms with Crippen molar-refractivity contribution in [1.29, 1.82) is 0 Å². The average molecular weight is 496 g/mol. The Hall–Kier alpha value is -4.05. The summed E-state index contributed by atoms with van der Waals surface area (Å²) in [5.41, 5.74) is 0.266. The smallest absolute Gasteiger partial charge is 0.344 e. The van der Waals surface area contributed by atoms with Crippen LogP contribution in [0, 0.1) is 0 Å². The van der Waals surface area contributed by atoms with Crippen LogP contribution in [0.3, 0.4) is 0 Å². The van der Waals surface area contributed by atoms with Crippen molar-refractivity contribution in [2.45, 2.75) is 24.8 Å². The van der Waals surface area contributed by atoms with Crippen LogP contribution in [-0.4, -0.2) is 67.1 Å². The van der Waals surface area contributed by atoms with Crippen LogP contribution in [0.2, 0.25) is 0 Å². The highest BCUT2D eigenvalue weighted by Crippen LogP contribution is 2.43. The Morgan fingerprint density at radius 3 is 2.08 bits per heavy atom. The first-order valence-electron chi connectivity index (χ1n) is 11.5. The second-order valence-electron chi connectivity index (χ2n) is 8.42. The van der Waals surface area contributed by atoms with Gasteiger partial charge in [0.25, 0.3) is 0 Å². The molecule has 1 aliphatic heterocycles. The lowest BCUT2D eigenvalue weighted by molar-refractivity contribution is -0.160. The van der Waals surface area contributed by atoms with Crippen LogP contribution in [0.1, 0.15) is 25.2 Å². The summed E-state index contributed by atoms with van der Waals surface area (Å²) in [6.07, 6.45) is 1.51. The zero-order valence-electron chi connectivity index (χ0n) is 20.7. The molecule has 4 rings (SSSR count). The van der Waals surface area contributed by atoms with Gasteiger partial charge in [0.2, 0.25) is 11.4 Å². The number of aromatic nitrogens is 1. The van der Waals surface area contributed by atoms with E-state index in [-0.39, 0.29) is 18.9 Å². The van der Waals surface area contributed by atoms with Gasteiger partial charge in [-0.2, -0.15) is 0 Å². The number of piperidine rings is 1. The molecule has 1 unspecified atom stereocenters. The van der Waals surface area contributed by atoms with Crippen molar-refractivity contribution in [2.24, 2.45) is 0 Å². The van der Waals surface area contributed by atoms with Crippen LogP contribution in [0.5, 0.6) is 11.5 Å². The number of hydroxylamine groups is 2. The van der Waals surface area contributed by atoms with Gasteiger partial charge in [0.1, 0.15) is 17.2 Å². The fourth-order valence-corrected chi connectivity index (χ4v) is 4.48. The van der Waals surface area contributed by atoms with E-state index in [4.69, 9.17) is 23.6 Å². The van der Waals surface area contributed by atoms with E-state index < -0.39 is 17.5 Å². The monoisotopic (exact) mass is 495 g/mol. The second kappa shape index (κ2) is 10.3. The van der Waals surface area contributed by atoms with Gasteiger partial charge in [-0.05, 0) is 67.8 Å². The van der Waals surface area contributed by atoms with Crippen molar-refractivity contribution in [1.82, 2.24) is 14.9 Å². The fourth-order valence-electron chi connectivity index (χ4n) is 4.48. The topological polar surface area (TPSA) is 115 Å². The van der Waals surface area contributed by atoms with Crippen molar-refractivity contribution in [2.75, 3.05) is 34.9 Å². The van der Waals surface area contributed by atoms with E-state index in [1.54, 1.807) is 38.5 Å². The molecule has 2 aromatic carbocycles. The summed E-state index contributed by atoms with van der Waals surface area (Å²) in [5, 5.41) is 10.4. The molecule has 1 N–H and O–H groups in total. The first-order valence-corrected chi connectivity index (χ1v) is 11.5. The highest BCUT2D eigenvalue weighted by Gasteiger charge is 2.55. The minimum absolute atomic E-state index is 0.0147. The number of carbonyl (C=O) groups excluding carboxylic acids is 2. The first-order chi connectivity index (χ1) is 17.3. The fraction of sp³-hybridized carbons (Fsp3) is 0.346. The molecule has 1 aliphatic rings. The quantitative estimate of drug-likeness (QED) is 0.305. The number of esters is 1. The van der Waals surface area contributed by atoms with Gasteiger partial charge in [0.05, 0.1) is 21.3 Å². The van der Waals surface area contributed by atoms with E-state index in [9.17, 15) is 14.8 Å². The number of oxazole rings is 1. The van der Waals surface area contributed by atoms with Crippen LogP contribution < -0.4 is 9.47 Å². The number of amides is 2. The lowest BCUT2D eigenvalue weighted by Crippen LogP contribution is -2.59. The number of methoxy groups -OCH3 is 3. The van der Waals surface area contributed by atoms with Gasteiger partial charge in [0, 0.05) is 24.7 Å². The number of nitrogens with zero attached hydrogens (tertiary/aromatic N) is 3. The molecule has 2 amide bonds. The minimum atomic E-state index is -1.65. The molecule has 10 heteroatoms. The molecule has 36 heavy (non-hydrogen) atoms. The maximum Gasteiger partial charge on any atom is 0.344 e. The zero-order chi connectivity index (χ0) is 25.9. The van der Waals surface area contributed by atoms with Gasteiger partial charge in [0.15, 0.2) is 5.76 Å². The Bertz CT molecular complexity index is 1160. The average Bonchev–Trinajstić information content (AvgIpc) is 3.38. The molecule has 1 saturated heterocycles. The summed E-state index contributed by atoms with van der Waals surface area (Å²) in [4.78, 5) is 32.4. The molecular formula is C26H29N3O7. The Morgan fingerprint density at radius 2 is 1.56 bits per heavy atom. The summed E-state index contributed by atoms with van der Waals surface area (Å²) in [6, 6.07) is 13.8. The first kappa shape index (κ1) is 25.1. The van der Waals surface area contributed by atoms with Crippen LogP contribution in [0.25, 0.3) is 22.6 Å². The Morgan fingerprint density at radius 1 is 0.972 bits per heavy atom. The molecule has 2 heterocycles. The highest BCUT2D eigenvalue weighted by molar-refractivity contribution is 5.88. The van der Waals surface area contributed by atoms with Gasteiger partial charge >= 0.3 is 12.0 Å². The summed E-state index contributed by atoms with van der Waals surface area (Å²) in [6.45, 7) is 0.219. The number of hydrogen-bond donors (Lipinski definition) is 1. The summed E-state index contributed by atoms with van der Waals surface area (Å²) < 4.78 is 22.1. The number of likely N-dealkylation sites (tertiary alicyclic amines) is 1. The summed E-state index contributed by atoms with van der Waals surface area (Å²) in [7, 11) is 5.62. The molecule has 0 radical (unpaired) electrons. The van der Waals surface area contributed by atoms with Gasteiger partial charge < -0.3 is 18.6 Å². The maximum atomic E-state index is 13.3. The molecule has 3 aromatic rings.